The molecule has 1 atom stereocenters. The van der Waals surface area contributed by atoms with Gasteiger partial charge in [-0.05, 0) is 31.7 Å². The Bertz CT molecular complexity index is 473. The molecule has 5 heteroatoms. The number of carbonyl (C=O) groups is 1. The minimum Gasteiger partial charge on any atom is -0.316 e. The lowest BCUT2D eigenvalue weighted by Gasteiger charge is -2.30. The second-order valence-electron chi connectivity index (χ2n) is 6.04. The SMILES string of the molecule is CC(C)C1(C(=O)Nc2nc(C3CC3)cs2)CCNC1. The molecule has 1 aromatic rings. The van der Waals surface area contributed by atoms with Crippen LogP contribution in [0.5, 0.6) is 0 Å². The van der Waals surface area contributed by atoms with Gasteiger partial charge in [0.25, 0.3) is 0 Å². The van der Waals surface area contributed by atoms with E-state index in [1.165, 1.54) is 12.8 Å². The van der Waals surface area contributed by atoms with Gasteiger partial charge >= 0.3 is 0 Å². The third-order valence-corrected chi connectivity index (χ3v) is 5.26. The quantitative estimate of drug-likeness (QED) is 0.890. The molecule has 4 nitrogen and oxygen atoms in total. The van der Waals surface area contributed by atoms with E-state index in [2.05, 4.69) is 34.8 Å². The average molecular weight is 279 g/mol. The first-order chi connectivity index (χ1) is 9.12. The summed E-state index contributed by atoms with van der Waals surface area (Å²) in [5.41, 5.74) is 0.884. The van der Waals surface area contributed by atoms with Crippen molar-refractivity contribution in [2.75, 3.05) is 18.4 Å². The molecular formula is C14H21N3OS. The molecule has 1 aliphatic heterocycles. The van der Waals surface area contributed by atoms with Crippen molar-refractivity contribution in [3.63, 3.8) is 0 Å². The predicted octanol–water partition coefficient (Wildman–Crippen LogP) is 2.59. The van der Waals surface area contributed by atoms with Crippen molar-refractivity contribution >= 4 is 22.4 Å². The largest absolute Gasteiger partial charge is 0.316 e. The Morgan fingerprint density at radius 2 is 2.37 bits per heavy atom. The van der Waals surface area contributed by atoms with E-state index < -0.39 is 0 Å². The predicted molar refractivity (Wildman–Crippen MR) is 77.5 cm³/mol. The molecule has 3 rings (SSSR count). The van der Waals surface area contributed by atoms with Gasteiger partial charge in [0.2, 0.25) is 5.91 Å². The summed E-state index contributed by atoms with van der Waals surface area (Å²) in [6.45, 7) is 5.96. The summed E-state index contributed by atoms with van der Waals surface area (Å²) < 4.78 is 0. The minimum atomic E-state index is -0.272. The van der Waals surface area contributed by atoms with Gasteiger partial charge in [0.1, 0.15) is 0 Å². The fourth-order valence-electron chi connectivity index (χ4n) is 2.79. The summed E-state index contributed by atoms with van der Waals surface area (Å²) in [7, 11) is 0. The molecule has 104 valence electrons. The molecule has 1 aromatic heterocycles. The number of hydrogen-bond donors (Lipinski definition) is 2. The molecule has 0 spiro atoms. The maximum absolute atomic E-state index is 12.6. The zero-order chi connectivity index (χ0) is 13.5. The van der Waals surface area contributed by atoms with Crippen LogP contribution < -0.4 is 10.6 Å². The highest BCUT2D eigenvalue weighted by atomic mass is 32.1. The highest BCUT2D eigenvalue weighted by Crippen LogP contribution is 2.41. The number of aromatic nitrogens is 1. The van der Waals surface area contributed by atoms with E-state index in [1.54, 1.807) is 11.3 Å². The Balaban J connectivity index is 1.71. The van der Waals surface area contributed by atoms with E-state index >= 15 is 0 Å². The molecule has 0 aromatic carbocycles. The fourth-order valence-corrected chi connectivity index (χ4v) is 3.58. The van der Waals surface area contributed by atoms with Crippen molar-refractivity contribution in [2.45, 2.75) is 39.0 Å². The lowest BCUT2D eigenvalue weighted by Crippen LogP contribution is -2.42. The molecule has 2 aliphatic rings. The summed E-state index contributed by atoms with van der Waals surface area (Å²) in [4.78, 5) is 17.1. The molecule has 1 saturated heterocycles. The van der Waals surface area contributed by atoms with Crippen LogP contribution in [-0.2, 0) is 4.79 Å². The highest BCUT2D eigenvalue weighted by molar-refractivity contribution is 7.13. The van der Waals surface area contributed by atoms with Gasteiger partial charge in [0, 0.05) is 17.8 Å². The van der Waals surface area contributed by atoms with E-state index in [-0.39, 0.29) is 11.3 Å². The molecule has 2 N–H and O–H groups in total. The average Bonchev–Trinajstić information content (AvgIpc) is 2.93. The van der Waals surface area contributed by atoms with Gasteiger partial charge in [-0.25, -0.2) is 4.98 Å². The Labute approximate surface area is 118 Å². The smallest absolute Gasteiger partial charge is 0.233 e. The number of rotatable bonds is 4. The Kier molecular flexibility index (Phi) is 3.35. The van der Waals surface area contributed by atoms with Crippen molar-refractivity contribution in [1.82, 2.24) is 10.3 Å². The summed E-state index contributed by atoms with van der Waals surface area (Å²) in [6, 6.07) is 0. The van der Waals surface area contributed by atoms with Crippen LogP contribution >= 0.6 is 11.3 Å². The third kappa shape index (κ3) is 2.41. The van der Waals surface area contributed by atoms with Gasteiger partial charge in [0.15, 0.2) is 5.13 Å². The van der Waals surface area contributed by atoms with Crippen LogP contribution in [0, 0.1) is 11.3 Å². The molecule has 0 radical (unpaired) electrons. The summed E-state index contributed by atoms with van der Waals surface area (Å²) in [6.07, 6.45) is 3.41. The van der Waals surface area contributed by atoms with Gasteiger partial charge in [-0.15, -0.1) is 11.3 Å². The number of hydrogen-bond acceptors (Lipinski definition) is 4. The first-order valence-electron chi connectivity index (χ1n) is 7.09. The number of nitrogens with one attached hydrogen (secondary N) is 2. The molecular weight excluding hydrogens is 258 g/mol. The summed E-state index contributed by atoms with van der Waals surface area (Å²) in [5.74, 6) is 1.11. The summed E-state index contributed by atoms with van der Waals surface area (Å²) >= 11 is 1.55. The molecule has 1 aliphatic carbocycles. The van der Waals surface area contributed by atoms with Gasteiger partial charge in [-0.2, -0.15) is 0 Å². The van der Waals surface area contributed by atoms with Crippen molar-refractivity contribution in [3.8, 4) is 0 Å². The van der Waals surface area contributed by atoms with Gasteiger partial charge in [0.05, 0.1) is 11.1 Å². The van der Waals surface area contributed by atoms with E-state index in [0.29, 0.717) is 11.8 Å². The Morgan fingerprint density at radius 1 is 1.58 bits per heavy atom. The fraction of sp³-hybridized carbons (Fsp3) is 0.714. The monoisotopic (exact) mass is 279 g/mol. The Hall–Kier alpha value is -0.940. The number of thiazole rings is 1. The molecule has 1 amide bonds. The van der Waals surface area contributed by atoms with E-state index in [0.717, 1.165) is 30.3 Å². The third-order valence-electron chi connectivity index (χ3n) is 4.48. The lowest BCUT2D eigenvalue weighted by atomic mass is 9.75. The molecule has 2 heterocycles. The van der Waals surface area contributed by atoms with E-state index in [1.807, 2.05) is 0 Å². The van der Waals surface area contributed by atoms with Crippen molar-refractivity contribution in [2.24, 2.45) is 11.3 Å². The highest BCUT2D eigenvalue weighted by Gasteiger charge is 2.44. The number of nitrogens with zero attached hydrogens (tertiary/aromatic N) is 1. The molecule has 1 unspecified atom stereocenters. The van der Waals surface area contributed by atoms with Crippen LogP contribution in [0.2, 0.25) is 0 Å². The molecule has 1 saturated carbocycles. The zero-order valence-corrected chi connectivity index (χ0v) is 12.3. The van der Waals surface area contributed by atoms with E-state index in [9.17, 15) is 4.79 Å². The second kappa shape index (κ2) is 4.87. The number of anilines is 1. The van der Waals surface area contributed by atoms with Crippen LogP contribution in [-0.4, -0.2) is 24.0 Å². The second-order valence-corrected chi connectivity index (χ2v) is 6.90. The van der Waals surface area contributed by atoms with Crippen LogP contribution in [0.25, 0.3) is 0 Å². The zero-order valence-electron chi connectivity index (χ0n) is 11.5. The van der Waals surface area contributed by atoms with Gasteiger partial charge in [-0.3, -0.25) is 4.79 Å². The molecule has 2 fully saturated rings. The number of amides is 1. The summed E-state index contributed by atoms with van der Waals surface area (Å²) in [5, 5.41) is 9.20. The van der Waals surface area contributed by atoms with Gasteiger partial charge in [-0.1, -0.05) is 13.8 Å². The number of carbonyl (C=O) groups excluding carboxylic acids is 1. The maximum atomic E-state index is 12.6. The van der Waals surface area contributed by atoms with E-state index in [4.69, 9.17) is 0 Å². The van der Waals surface area contributed by atoms with Crippen LogP contribution in [0.3, 0.4) is 0 Å². The molecule has 0 bridgehead atoms. The van der Waals surface area contributed by atoms with Crippen LogP contribution in [0.15, 0.2) is 5.38 Å². The normalized spacial score (nSPS) is 26.9. The minimum absolute atomic E-state index is 0.129. The molecule has 19 heavy (non-hydrogen) atoms. The maximum Gasteiger partial charge on any atom is 0.233 e. The first kappa shape index (κ1) is 13.1. The van der Waals surface area contributed by atoms with Crippen molar-refractivity contribution < 1.29 is 4.79 Å². The standard InChI is InChI=1S/C14H21N3OS/c1-9(2)14(5-6-15-8-14)12(18)17-13-16-11(7-19-13)10-3-4-10/h7,9-10,15H,3-6,8H2,1-2H3,(H,16,17,18). The van der Waals surface area contributed by atoms with Crippen LogP contribution in [0.4, 0.5) is 5.13 Å². The lowest BCUT2D eigenvalue weighted by molar-refractivity contribution is -0.126. The van der Waals surface area contributed by atoms with Crippen molar-refractivity contribution in [1.29, 1.82) is 0 Å². The topological polar surface area (TPSA) is 54.0 Å². The Morgan fingerprint density at radius 3 is 2.95 bits per heavy atom. The first-order valence-corrected chi connectivity index (χ1v) is 7.97. The van der Waals surface area contributed by atoms with Gasteiger partial charge < -0.3 is 10.6 Å². The van der Waals surface area contributed by atoms with Crippen molar-refractivity contribution in [3.05, 3.63) is 11.1 Å². The van der Waals surface area contributed by atoms with Crippen LogP contribution in [0.1, 0.15) is 44.7 Å².